The standard InChI is InChI=1S/C11H6ClFN/c12-8-4-5-9(10(13)7-8)11-3-1-2-6-14-11/h1-2,4-7H. The van der Waals surface area contributed by atoms with Gasteiger partial charge in [0.1, 0.15) is 5.82 Å². The fraction of sp³-hybridized carbons (Fsp3) is 0. The Bertz CT molecular complexity index is 442. The minimum Gasteiger partial charge on any atom is -0.255 e. The number of benzene rings is 1. The van der Waals surface area contributed by atoms with E-state index in [-0.39, 0.29) is 5.82 Å². The van der Waals surface area contributed by atoms with Crippen molar-refractivity contribution in [3.63, 3.8) is 0 Å². The quantitative estimate of drug-likeness (QED) is 0.698. The lowest BCUT2D eigenvalue weighted by atomic mass is 10.1. The summed E-state index contributed by atoms with van der Waals surface area (Å²) in [6.45, 7) is 0. The second-order valence-corrected chi connectivity index (χ2v) is 3.19. The lowest BCUT2D eigenvalue weighted by Crippen LogP contribution is -1.86. The van der Waals surface area contributed by atoms with Crippen molar-refractivity contribution in [2.75, 3.05) is 0 Å². The van der Waals surface area contributed by atoms with Crippen molar-refractivity contribution in [3.05, 3.63) is 53.4 Å². The van der Waals surface area contributed by atoms with E-state index in [0.717, 1.165) is 0 Å². The van der Waals surface area contributed by atoms with Crippen molar-refractivity contribution in [3.8, 4) is 11.3 Å². The number of aromatic nitrogens is 1. The molecule has 3 heteroatoms. The highest BCUT2D eigenvalue weighted by molar-refractivity contribution is 6.30. The van der Waals surface area contributed by atoms with E-state index in [0.29, 0.717) is 16.3 Å². The summed E-state index contributed by atoms with van der Waals surface area (Å²) in [6.07, 6.45) is 1.60. The summed E-state index contributed by atoms with van der Waals surface area (Å²) in [5, 5.41) is 0.377. The van der Waals surface area contributed by atoms with Crippen molar-refractivity contribution in [2.24, 2.45) is 0 Å². The molecule has 0 spiro atoms. The zero-order valence-corrected chi connectivity index (χ0v) is 7.92. The van der Waals surface area contributed by atoms with E-state index in [1.54, 1.807) is 30.5 Å². The molecule has 0 fully saturated rings. The maximum atomic E-state index is 13.4. The van der Waals surface area contributed by atoms with Gasteiger partial charge in [0, 0.05) is 22.8 Å². The summed E-state index contributed by atoms with van der Waals surface area (Å²) in [5.41, 5.74) is 0.900. The van der Waals surface area contributed by atoms with Gasteiger partial charge in [-0.25, -0.2) is 4.39 Å². The van der Waals surface area contributed by atoms with Gasteiger partial charge in [-0.15, -0.1) is 0 Å². The lowest BCUT2D eigenvalue weighted by Gasteiger charge is -2.01. The Balaban J connectivity index is 2.53. The van der Waals surface area contributed by atoms with Gasteiger partial charge in [-0.1, -0.05) is 17.7 Å². The van der Waals surface area contributed by atoms with Crippen molar-refractivity contribution >= 4 is 11.6 Å². The van der Waals surface area contributed by atoms with E-state index in [4.69, 9.17) is 11.6 Å². The molecule has 1 heterocycles. The first kappa shape index (κ1) is 9.16. The molecule has 2 rings (SSSR count). The van der Waals surface area contributed by atoms with Gasteiger partial charge in [-0.2, -0.15) is 0 Å². The van der Waals surface area contributed by atoms with Crippen LogP contribution in [-0.2, 0) is 0 Å². The first-order valence-corrected chi connectivity index (χ1v) is 4.43. The molecule has 1 aromatic heterocycles. The largest absolute Gasteiger partial charge is 0.255 e. The van der Waals surface area contributed by atoms with Gasteiger partial charge in [0.05, 0.1) is 5.69 Å². The van der Waals surface area contributed by atoms with E-state index in [2.05, 4.69) is 11.1 Å². The van der Waals surface area contributed by atoms with Gasteiger partial charge >= 0.3 is 0 Å². The Hall–Kier alpha value is -1.41. The molecule has 0 saturated carbocycles. The number of pyridine rings is 1. The minimum atomic E-state index is -0.382. The molecule has 0 bridgehead atoms. The molecule has 14 heavy (non-hydrogen) atoms. The van der Waals surface area contributed by atoms with Crippen LogP contribution in [0.1, 0.15) is 0 Å². The van der Waals surface area contributed by atoms with Gasteiger partial charge in [0.15, 0.2) is 0 Å². The van der Waals surface area contributed by atoms with E-state index in [1.807, 2.05) is 0 Å². The van der Waals surface area contributed by atoms with Crippen LogP contribution in [0.4, 0.5) is 4.39 Å². The second-order valence-electron chi connectivity index (χ2n) is 2.75. The molecular weight excluding hydrogens is 201 g/mol. The topological polar surface area (TPSA) is 12.9 Å². The average Bonchev–Trinajstić information content (AvgIpc) is 2.19. The van der Waals surface area contributed by atoms with E-state index in [9.17, 15) is 4.39 Å². The Labute approximate surface area is 86.2 Å². The van der Waals surface area contributed by atoms with Crippen molar-refractivity contribution in [1.29, 1.82) is 0 Å². The molecule has 2 aromatic rings. The molecular formula is C11H6ClFN. The molecule has 1 aromatic carbocycles. The van der Waals surface area contributed by atoms with Gasteiger partial charge in [0.25, 0.3) is 0 Å². The summed E-state index contributed by atoms with van der Waals surface area (Å²) in [6, 6.07) is 10.8. The molecule has 0 unspecified atom stereocenters. The molecule has 1 nitrogen and oxygen atoms in total. The Morgan fingerprint density at radius 2 is 2.21 bits per heavy atom. The molecule has 0 saturated heterocycles. The number of nitrogens with zero attached hydrogens (tertiary/aromatic N) is 1. The van der Waals surface area contributed by atoms with E-state index < -0.39 is 0 Å². The normalized spacial score (nSPS) is 10.1. The minimum absolute atomic E-state index is 0.377. The van der Waals surface area contributed by atoms with Crippen molar-refractivity contribution in [1.82, 2.24) is 4.98 Å². The summed E-state index contributed by atoms with van der Waals surface area (Å²) >= 11 is 5.63. The first-order chi connectivity index (χ1) is 6.77. The Morgan fingerprint density at radius 3 is 2.86 bits per heavy atom. The summed E-state index contributed by atoms with van der Waals surface area (Å²) in [4.78, 5) is 4.00. The van der Waals surface area contributed by atoms with Crippen molar-refractivity contribution < 1.29 is 4.39 Å². The first-order valence-electron chi connectivity index (χ1n) is 4.05. The zero-order valence-electron chi connectivity index (χ0n) is 7.17. The molecule has 69 valence electrons. The van der Waals surface area contributed by atoms with Crippen LogP contribution in [0.2, 0.25) is 5.02 Å². The number of halogens is 2. The van der Waals surface area contributed by atoms with Gasteiger partial charge in [0.2, 0.25) is 0 Å². The molecule has 0 N–H and O–H groups in total. The van der Waals surface area contributed by atoms with Crippen LogP contribution in [0, 0.1) is 11.9 Å². The third kappa shape index (κ3) is 1.75. The van der Waals surface area contributed by atoms with Crippen LogP contribution in [0.25, 0.3) is 11.3 Å². The Kier molecular flexibility index (Phi) is 2.46. The number of hydrogen-bond acceptors (Lipinski definition) is 1. The van der Waals surface area contributed by atoms with Crippen LogP contribution in [0.5, 0.6) is 0 Å². The zero-order chi connectivity index (χ0) is 9.97. The van der Waals surface area contributed by atoms with E-state index >= 15 is 0 Å². The summed E-state index contributed by atoms with van der Waals surface area (Å²) < 4.78 is 13.4. The van der Waals surface area contributed by atoms with Crippen molar-refractivity contribution in [2.45, 2.75) is 0 Å². The second kappa shape index (κ2) is 3.76. The average molecular weight is 207 g/mol. The van der Waals surface area contributed by atoms with Gasteiger partial charge < -0.3 is 0 Å². The van der Waals surface area contributed by atoms with Crippen LogP contribution < -0.4 is 0 Å². The highest BCUT2D eigenvalue weighted by Crippen LogP contribution is 2.22. The number of rotatable bonds is 1. The number of hydrogen-bond donors (Lipinski definition) is 0. The molecule has 0 atom stereocenters. The highest BCUT2D eigenvalue weighted by atomic mass is 35.5. The van der Waals surface area contributed by atoms with Crippen LogP contribution in [0.15, 0.2) is 36.5 Å². The smallest absolute Gasteiger partial charge is 0.134 e. The SMILES string of the molecule is Fc1cc(Cl)ccc1-c1[c]cccn1. The predicted octanol–water partition coefficient (Wildman–Crippen LogP) is 3.34. The molecule has 0 aliphatic carbocycles. The fourth-order valence-corrected chi connectivity index (χ4v) is 1.31. The Morgan fingerprint density at radius 1 is 1.36 bits per heavy atom. The predicted molar refractivity (Wildman–Crippen MR) is 53.5 cm³/mol. The highest BCUT2D eigenvalue weighted by Gasteiger charge is 2.05. The maximum Gasteiger partial charge on any atom is 0.134 e. The van der Waals surface area contributed by atoms with Crippen LogP contribution in [0.3, 0.4) is 0 Å². The molecule has 0 aliphatic rings. The third-order valence-corrected chi connectivity index (χ3v) is 2.03. The lowest BCUT2D eigenvalue weighted by molar-refractivity contribution is 0.631. The van der Waals surface area contributed by atoms with Gasteiger partial charge in [-0.05, 0) is 24.3 Å². The van der Waals surface area contributed by atoms with Crippen LogP contribution >= 0.6 is 11.6 Å². The van der Waals surface area contributed by atoms with E-state index in [1.165, 1.54) is 6.07 Å². The fourth-order valence-electron chi connectivity index (χ4n) is 1.15. The van der Waals surface area contributed by atoms with Crippen LogP contribution in [-0.4, -0.2) is 4.98 Å². The molecule has 0 amide bonds. The maximum absolute atomic E-state index is 13.4. The molecule has 1 radical (unpaired) electrons. The van der Waals surface area contributed by atoms with Gasteiger partial charge in [-0.3, -0.25) is 4.98 Å². The third-order valence-electron chi connectivity index (χ3n) is 1.79. The molecule has 0 aliphatic heterocycles. The summed E-state index contributed by atoms with van der Waals surface area (Å²) in [7, 11) is 0. The monoisotopic (exact) mass is 206 g/mol. The summed E-state index contributed by atoms with van der Waals surface area (Å²) in [5.74, 6) is -0.382.